The number of likely N-dealkylation sites (tertiary alicyclic amines) is 2. The number of hydrogen-bond donors (Lipinski definition) is 1. The normalized spacial score (nSPS) is 20.9. The molecule has 0 saturated carbocycles. The van der Waals surface area contributed by atoms with Crippen molar-refractivity contribution in [1.29, 1.82) is 0 Å². The Labute approximate surface area is 169 Å². The van der Waals surface area contributed by atoms with Crippen molar-refractivity contribution in [2.24, 2.45) is 11.8 Å². The van der Waals surface area contributed by atoms with E-state index >= 15 is 0 Å². The zero-order valence-corrected chi connectivity index (χ0v) is 17.9. The van der Waals surface area contributed by atoms with Gasteiger partial charge in [0.25, 0.3) is 0 Å². The molecule has 0 radical (unpaired) electrons. The van der Waals surface area contributed by atoms with Gasteiger partial charge in [0.1, 0.15) is 0 Å². The number of carbonyl (C=O) groups excluding carboxylic acids is 2. The van der Waals surface area contributed by atoms with Gasteiger partial charge in [0, 0.05) is 38.6 Å². The first-order valence-corrected chi connectivity index (χ1v) is 10.7. The maximum Gasteiger partial charge on any atom is 0.317 e. The highest BCUT2D eigenvalue weighted by atomic mass is 16.2. The highest BCUT2D eigenvalue weighted by molar-refractivity contribution is 5.80. The monoisotopic (exact) mass is 385 g/mol. The minimum Gasteiger partial charge on any atom is -0.342 e. The first-order chi connectivity index (χ1) is 13.3. The Morgan fingerprint density at radius 1 is 1.00 bits per heavy atom. The molecule has 2 heterocycles. The quantitative estimate of drug-likeness (QED) is 0.861. The summed E-state index contributed by atoms with van der Waals surface area (Å²) in [6.45, 7) is 12.2. The number of rotatable bonds is 3. The summed E-state index contributed by atoms with van der Waals surface area (Å²) in [5.41, 5.74) is 4.89. The number of carbonyl (C=O) groups is 2. The molecule has 3 amide bonds. The molecule has 154 valence electrons. The van der Waals surface area contributed by atoms with Gasteiger partial charge in [-0.1, -0.05) is 24.6 Å². The fraction of sp³-hybridized carbons (Fsp3) is 0.652. The van der Waals surface area contributed by atoms with Gasteiger partial charge in [-0.25, -0.2) is 4.79 Å². The molecule has 2 aliphatic rings. The lowest BCUT2D eigenvalue weighted by Gasteiger charge is -2.37. The maximum atomic E-state index is 12.8. The summed E-state index contributed by atoms with van der Waals surface area (Å²) in [6, 6.07) is 4.30. The Morgan fingerprint density at radius 2 is 1.64 bits per heavy atom. The minimum atomic E-state index is -0.0168. The molecule has 1 N–H and O–H groups in total. The number of urea groups is 1. The van der Waals surface area contributed by atoms with Crippen LogP contribution in [0.1, 0.15) is 54.9 Å². The predicted molar refractivity (Wildman–Crippen MR) is 112 cm³/mol. The minimum absolute atomic E-state index is 0.0168. The van der Waals surface area contributed by atoms with Crippen molar-refractivity contribution in [2.75, 3.05) is 26.2 Å². The number of aryl methyl sites for hydroxylation is 3. The van der Waals surface area contributed by atoms with Crippen LogP contribution in [0.4, 0.5) is 4.79 Å². The third-order valence-corrected chi connectivity index (χ3v) is 6.36. The van der Waals surface area contributed by atoms with E-state index in [1.54, 1.807) is 0 Å². The van der Waals surface area contributed by atoms with E-state index in [0.717, 1.165) is 32.4 Å². The van der Waals surface area contributed by atoms with E-state index in [4.69, 9.17) is 0 Å². The maximum absolute atomic E-state index is 12.8. The third kappa shape index (κ3) is 4.86. The van der Waals surface area contributed by atoms with E-state index in [1.807, 2.05) is 4.90 Å². The van der Waals surface area contributed by atoms with Gasteiger partial charge in [0.05, 0.1) is 0 Å². The van der Waals surface area contributed by atoms with Gasteiger partial charge in [-0.05, 0) is 69.1 Å². The molecule has 5 heteroatoms. The average Bonchev–Trinajstić information content (AvgIpc) is 2.66. The lowest BCUT2D eigenvalue weighted by molar-refractivity contribution is -0.138. The molecule has 1 aromatic carbocycles. The Hall–Kier alpha value is -2.04. The van der Waals surface area contributed by atoms with Crippen molar-refractivity contribution in [1.82, 2.24) is 15.1 Å². The highest BCUT2D eigenvalue weighted by Crippen LogP contribution is 2.24. The number of piperidine rings is 2. The number of benzene rings is 1. The van der Waals surface area contributed by atoms with Gasteiger partial charge in [-0.2, -0.15) is 0 Å². The van der Waals surface area contributed by atoms with Gasteiger partial charge < -0.3 is 15.1 Å². The molecule has 2 saturated heterocycles. The summed E-state index contributed by atoms with van der Waals surface area (Å²) >= 11 is 0. The van der Waals surface area contributed by atoms with Gasteiger partial charge in [-0.3, -0.25) is 4.79 Å². The molecule has 0 aliphatic carbocycles. The second kappa shape index (κ2) is 8.97. The van der Waals surface area contributed by atoms with Crippen LogP contribution < -0.4 is 5.32 Å². The number of hydrogen-bond acceptors (Lipinski definition) is 2. The molecule has 0 aromatic heterocycles. The van der Waals surface area contributed by atoms with Gasteiger partial charge in [-0.15, -0.1) is 0 Å². The second-order valence-corrected chi connectivity index (χ2v) is 8.83. The van der Waals surface area contributed by atoms with Crippen LogP contribution in [0.15, 0.2) is 12.1 Å². The Balaban J connectivity index is 1.48. The van der Waals surface area contributed by atoms with Crippen molar-refractivity contribution < 1.29 is 9.59 Å². The molecule has 2 aliphatic heterocycles. The van der Waals surface area contributed by atoms with Gasteiger partial charge in [0.2, 0.25) is 5.91 Å². The molecule has 3 rings (SSSR count). The van der Waals surface area contributed by atoms with Crippen LogP contribution in [-0.2, 0) is 11.3 Å². The molecule has 1 aromatic rings. The van der Waals surface area contributed by atoms with Crippen molar-refractivity contribution in [3.05, 3.63) is 34.4 Å². The predicted octanol–water partition coefficient (Wildman–Crippen LogP) is 3.79. The molecule has 0 spiro atoms. The topological polar surface area (TPSA) is 52.7 Å². The zero-order valence-electron chi connectivity index (χ0n) is 17.9. The summed E-state index contributed by atoms with van der Waals surface area (Å²) in [4.78, 5) is 29.3. The van der Waals surface area contributed by atoms with Crippen LogP contribution in [0.3, 0.4) is 0 Å². The lowest BCUT2D eigenvalue weighted by atomic mass is 9.93. The SMILES string of the molecule is Cc1cc(C)c(CNC(=O)N2CCC(C(=O)N3CCCC(C)C3)CC2)c(C)c1. The van der Waals surface area contributed by atoms with E-state index in [1.165, 1.54) is 28.7 Å². The highest BCUT2D eigenvalue weighted by Gasteiger charge is 2.31. The fourth-order valence-electron chi connectivity index (χ4n) is 4.74. The largest absolute Gasteiger partial charge is 0.342 e. The van der Waals surface area contributed by atoms with Crippen LogP contribution in [-0.4, -0.2) is 47.9 Å². The van der Waals surface area contributed by atoms with E-state index < -0.39 is 0 Å². The summed E-state index contributed by atoms with van der Waals surface area (Å²) in [6.07, 6.45) is 3.90. The number of nitrogens with zero attached hydrogens (tertiary/aromatic N) is 2. The first kappa shape index (κ1) is 20.7. The third-order valence-electron chi connectivity index (χ3n) is 6.36. The lowest BCUT2D eigenvalue weighted by Crippen LogP contribution is -2.48. The molecule has 2 fully saturated rings. The van der Waals surface area contributed by atoms with Crippen LogP contribution in [0.2, 0.25) is 0 Å². The van der Waals surface area contributed by atoms with E-state index in [9.17, 15) is 9.59 Å². The summed E-state index contributed by atoms with van der Waals surface area (Å²) < 4.78 is 0. The van der Waals surface area contributed by atoms with Gasteiger partial charge in [0.15, 0.2) is 0 Å². The van der Waals surface area contributed by atoms with Crippen molar-refractivity contribution in [3.8, 4) is 0 Å². The van der Waals surface area contributed by atoms with Crippen molar-refractivity contribution in [2.45, 2.75) is 59.9 Å². The number of amides is 3. The Morgan fingerprint density at radius 3 is 2.25 bits per heavy atom. The van der Waals surface area contributed by atoms with Crippen LogP contribution in [0, 0.1) is 32.6 Å². The molecule has 28 heavy (non-hydrogen) atoms. The summed E-state index contributed by atoms with van der Waals surface area (Å²) in [5.74, 6) is 0.991. The van der Waals surface area contributed by atoms with Crippen molar-refractivity contribution >= 4 is 11.9 Å². The molecule has 5 nitrogen and oxygen atoms in total. The second-order valence-electron chi connectivity index (χ2n) is 8.83. The van der Waals surface area contributed by atoms with E-state index in [-0.39, 0.29) is 11.9 Å². The first-order valence-electron chi connectivity index (χ1n) is 10.7. The van der Waals surface area contributed by atoms with Crippen LogP contribution in [0.5, 0.6) is 0 Å². The van der Waals surface area contributed by atoms with E-state index in [0.29, 0.717) is 31.5 Å². The van der Waals surface area contributed by atoms with Crippen molar-refractivity contribution in [3.63, 3.8) is 0 Å². The Kier molecular flexibility index (Phi) is 6.63. The van der Waals surface area contributed by atoms with Crippen LogP contribution >= 0.6 is 0 Å². The molecule has 1 atom stereocenters. The van der Waals surface area contributed by atoms with E-state index in [2.05, 4.69) is 50.0 Å². The smallest absolute Gasteiger partial charge is 0.317 e. The average molecular weight is 386 g/mol. The summed E-state index contributed by atoms with van der Waals surface area (Å²) in [5, 5.41) is 3.07. The molecule has 1 unspecified atom stereocenters. The standard InChI is InChI=1S/C23H35N3O2/c1-16-6-5-9-26(15-16)22(27)20-7-10-25(11-8-20)23(28)24-14-21-18(3)12-17(2)13-19(21)4/h12-13,16,20H,5-11,14-15H2,1-4H3,(H,24,28). The van der Waals surface area contributed by atoms with Crippen LogP contribution in [0.25, 0.3) is 0 Å². The summed E-state index contributed by atoms with van der Waals surface area (Å²) in [7, 11) is 0. The zero-order chi connectivity index (χ0) is 20.3. The van der Waals surface area contributed by atoms with Gasteiger partial charge >= 0.3 is 6.03 Å². The Bertz CT molecular complexity index is 700. The number of nitrogens with one attached hydrogen (secondary N) is 1. The molecule has 0 bridgehead atoms. The molecular formula is C23H35N3O2. The molecular weight excluding hydrogens is 350 g/mol. The fourth-order valence-corrected chi connectivity index (χ4v) is 4.74.